The van der Waals surface area contributed by atoms with Crippen LogP contribution in [0.1, 0.15) is 21.7 Å². The van der Waals surface area contributed by atoms with Crippen molar-refractivity contribution in [1.29, 1.82) is 0 Å². The van der Waals surface area contributed by atoms with Crippen LogP contribution >= 0.6 is 31.9 Å². The summed E-state index contributed by atoms with van der Waals surface area (Å²) in [5.74, 6) is 0.628. The first-order valence-electron chi connectivity index (χ1n) is 7.89. The van der Waals surface area contributed by atoms with Crippen LogP contribution in [0.5, 0.6) is 5.75 Å². The van der Waals surface area contributed by atoms with Gasteiger partial charge < -0.3 is 9.26 Å². The number of halogens is 2. The number of aryl methyl sites for hydroxylation is 1. The molecule has 1 aromatic heterocycles. The van der Waals surface area contributed by atoms with Gasteiger partial charge >= 0.3 is 0 Å². The van der Waals surface area contributed by atoms with Crippen molar-refractivity contribution in [2.24, 2.45) is 5.10 Å². The topological polar surface area (TPSA) is 76.7 Å². The van der Waals surface area contributed by atoms with Crippen LogP contribution in [0, 0.1) is 6.92 Å². The fourth-order valence-corrected chi connectivity index (χ4v) is 3.96. The van der Waals surface area contributed by atoms with Gasteiger partial charge in [-0.25, -0.2) is 5.43 Å². The van der Waals surface area contributed by atoms with Gasteiger partial charge in [0, 0.05) is 15.6 Å². The van der Waals surface area contributed by atoms with Gasteiger partial charge in [-0.15, -0.1) is 0 Å². The van der Waals surface area contributed by atoms with Gasteiger partial charge in [-0.1, -0.05) is 51.4 Å². The number of nitrogens with zero attached hydrogens (tertiary/aromatic N) is 2. The molecule has 6 nitrogen and oxygen atoms in total. The predicted octanol–water partition coefficient (Wildman–Crippen LogP) is 4.95. The van der Waals surface area contributed by atoms with Gasteiger partial charge in [0.1, 0.15) is 22.8 Å². The van der Waals surface area contributed by atoms with E-state index in [1.807, 2.05) is 42.5 Å². The summed E-state index contributed by atoms with van der Waals surface area (Å²) in [5.41, 5.74) is 4.83. The maximum Gasteiger partial charge on any atom is 0.277 e. The second-order valence-corrected chi connectivity index (χ2v) is 7.31. The van der Waals surface area contributed by atoms with Crippen LogP contribution in [0.2, 0.25) is 0 Å². The first-order chi connectivity index (χ1) is 13.0. The maximum atomic E-state index is 12.6. The molecule has 1 amide bonds. The van der Waals surface area contributed by atoms with Crippen molar-refractivity contribution in [2.75, 3.05) is 7.11 Å². The van der Waals surface area contributed by atoms with Crippen molar-refractivity contribution >= 4 is 44.0 Å². The predicted molar refractivity (Wildman–Crippen MR) is 110 cm³/mol. The summed E-state index contributed by atoms with van der Waals surface area (Å²) < 4.78 is 12.2. The normalized spacial score (nSPS) is 11.0. The molecule has 0 bridgehead atoms. The van der Waals surface area contributed by atoms with E-state index in [1.54, 1.807) is 14.0 Å². The van der Waals surface area contributed by atoms with Crippen LogP contribution < -0.4 is 10.2 Å². The first-order valence-corrected chi connectivity index (χ1v) is 9.48. The first kappa shape index (κ1) is 19.3. The Morgan fingerprint density at radius 3 is 2.70 bits per heavy atom. The highest BCUT2D eigenvalue weighted by Gasteiger charge is 2.21. The van der Waals surface area contributed by atoms with Crippen molar-refractivity contribution in [1.82, 2.24) is 10.6 Å². The zero-order valence-corrected chi connectivity index (χ0v) is 17.7. The van der Waals surface area contributed by atoms with E-state index in [9.17, 15) is 4.79 Å². The van der Waals surface area contributed by atoms with E-state index in [-0.39, 0.29) is 0 Å². The largest absolute Gasteiger partial charge is 0.495 e. The Bertz CT molecular complexity index is 1000. The third kappa shape index (κ3) is 4.28. The number of hydrogen-bond donors (Lipinski definition) is 1. The molecule has 138 valence electrons. The summed E-state index contributed by atoms with van der Waals surface area (Å²) in [5, 5.41) is 8.05. The number of hydrogen-bond acceptors (Lipinski definition) is 5. The van der Waals surface area contributed by atoms with E-state index in [4.69, 9.17) is 9.26 Å². The van der Waals surface area contributed by atoms with Gasteiger partial charge in [0.2, 0.25) is 0 Å². The van der Waals surface area contributed by atoms with Crippen molar-refractivity contribution in [3.05, 3.63) is 68.3 Å². The van der Waals surface area contributed by atoms with E-state index < -0.39 is 5.91 Å². The Morgan fingerprint density at radius 2 is 2.00 bits per heavy atom. The van der Waals surface area contributed by atoms with Crippen molar-refractivity contribution in [3.63, 3.8) is 0 Å². The molecule has 0 unspecified atom stereocenters. The van der Waals surface area contributed by atoms with Crippen LogP contribution in [0.3, 0.4) is 0 Å². The minimum Gasteiger partial charge on any atom is -0.495 e. The monoisotopic (exact) mass is 491 g/mol. The molecule has 2 aromatic carbocycles. The molecule has 3 rings (SSSR count). The van der Waals surface area contributed by atoms with Crippen LogP contribution in [-0.4, -0.2) is 24.4 Å². The second kappa shape index (κ2) is 8.49. The Hall–Kier alpha value is -2.45. The lowest BCUT2D eigenvalue weighted by molar-refractivity contribution is 0.0954. The smallest absolute Gasteiger partial charge is 0.277 e. The van der Waals surface area contributed by atoms with E-state index in [0.717, 1.165) is 14.5 Å². The highest BCUT2D eigenvalue weighted by molar-refractivity contribution is 9.11. The Morgan fingerprint density at radius 1 is 1.26 bits per heavy atom. The quantitative estimate of drug-likeness (QED) is 0.404. The number of amides is 1. The Kier molecular flexibility index (Phi) is 6.08. The zero-order valence-electron chi connectivity index (χ0n) is 14.5. The lowest BCUT2D eigenvalue weighted by atomic mass is 10.1. The van der Waals surface area contributed by atoms with Gasteiger partial charge in [-0.3, -0.25) is 4.79 Å². The minimum atomic E-state index is -0.406. The van der Waals surface area contributed by atoms with Crippen molar-refractivity contribution in [3.8, 4) is 17.0 Å². The van der Waals surface area contributed by atoms with Crippen molar-refractivity contribution < 1.29 is 14.1 Å². The molecule has 1 N–H and O–H groups in total. The average Bonchev–Trinajstić information content (AvgIpc) is 3.03. The molecule has 0 fully saturated rings. The Balaban J connectivity index is 1.84. The number of hydrazone groups is 1. The molecular formula is C19H15Br2N3O3. The number of nitrogens with one attached hydrogen (secondary N) is 1. The van der Waals surface area contributed by atoms with Gasteiger partial charge in [-0.05, 0) is 35.0 Å². The molecule has 0 aliphatic heterocycles. The van der Waals surface area contributed by atoms with Crippen LogP contribution in [0.15, 0.2) is 61.0 Å². The summed E-state index contributed by atoms with van der Waals surface area (Å²) in [7, 11) is 1.57. The lowest BCUT2D eigenvalue weighted by Crippen LogP contribution is -2.19. The minimum absolute atomic E-state index is 0.348. The van der Waals surface area contributed by atoms with E-state index in [1.165, 1.54) is 6.21 Å². The fourth-order valence-electron chi connectivity index (χ4n) is 2.54. The SMILES string of the molecule is COc1c(Br)cc(Br)cc1C=NNC(=O)c1c(-c2ccccc2)noc1C. The number of carbonyl (C=O) groups is 1. The molecule has 8 heteroatoms. The fraction of sp³-hybridized carbons (Fsp3) is 0.105. The molecule has 0 aliphatic rings. The summed E-state index contributed by atoms with van der Waals surface area (Å²) in [6.45, 7) is 1.69. The van der Waals surface area contributed by atoms with E-state index >= 15 is 0 Å². The van der Waals surface area contributed by atoms with Gasteiger partial charge in [-0.2, -0.15) is 5.10 Å². The van der Waals surface area contributed by atoms with Crippen LogP contribution in [0.25, 0.3) is 11.3 Å². The molecule has 3 aromatic rings. The number of aromatic nitrogens is 1. The van der Waals surface area contributed by atoms with E-state index in [0.29, 0.717) is 28.3 Å². The molecule has 0 saturated heterocycles. The molecule has 27 heavy (non-hydrogen) atoms. The lowest BCUT2D eigenvalue weighted by Gasteiger charge is -2.08. The van der Waals surface area contributed by atoms with Gasteiger partial charge in [0.05, 0.1) is 17.8 Å². The van der Waals surface area contributed by atoms with Crippen LogP contribution in [0.4, 0.5) is 0 Å². The third-order valence-corrected chi connectivity index (χ3v) is 4.79. The molecule has 0 atom stereocenters. The number of rotatable bonds is 5. The standard InChI is InChI=1S/C19H15Br2N3O3/c1-11-16(17(24-27-11)12-6-4-3-5-7-12)19(25)23-22-10-13-8-14(20)9-15(21)18(13)26-2/h3-10H,1-2H3,(H,23,25). The van der Waals surface area contributed by atoms with Crippen LogP contribution in [-0.2, 0) is 0 Å². The summed E-state index contributed by atoms with van der Waals surface area (Å²) in [4.78, 5) is 12.6. The summed E-state index contributed by atoms with van der Waals surface area (Å²) in [6, 6.07) is 13.1. The highest BCUT2D eigenvalue weighted by atomic mass is 79.9. The number of carbonyl (C=O) groups excluding carboxylic acids is 1. The second-order valence-electron chi connectivity index (χ2n) is 5.54. The zero-order chi connectivity index (χ0) is 19.4. The number of ether oxygens (including phenoxy) is 1. The molecule has 0 aliphatic carbocycles. The van der Waals surface area contributed by atoms with Gasteiger partial charge in [0.15, 0.2) is 0 Å². The van der Waals surface area contributed by atoms with Gasteiger partial charge in [0.25, 0.3) is 5.91 Å². The number of benzene rings is 2. The summed E-state index contributed by atoms with van der Waals surface area (Å²) in [6.07, 6.45) is 1.51. The number of methoxy groups -OCH3 is 1. The average molecular weight is 493 g/mol. The maximum absolute atomic E-state index is 12.6. The Labute approximate surface area is 172 Å². The molecule has 0 saturated carbocycles. The van der Waals surface area contributed by atoms with E-state index in [2.05, 4.69) is 47.5 Å². The molecular weight excluding hydrogens is 478 g/mol. The molecule has 0 spiro atoms. The van der Waals surface area contributed by atoms with Crippen molar-refractivity contribution in [2.45, 2.75) is 6.92 Å². The molecule has 1 heterocycles. The summed E-state index contributed by atoms with van der Waals surface area (Å²) >= 11 is 6.85. The molecule has 0 radical (unpaired) electrons. The third-order valence-electron chi connectivity index (χ3n) is 3.75. The highest BCUT2D eigenvalue weighted by Crippen LogP contribution is 2.31.